The molecule has 6 heteroatoms. The molecular formula is C19H19BrF2N2O. The van der Waals surface area contributed by atoms with Gasteiger partial charge in [0.15, 0.2) is 0 Å². The van der Waals surface area contributed by atoms with Gasteiger partial charge in [0.25, 0.3) is 0 Å². The average molecular weight is 409 g/mol. The van der Waals surface area contributed by atoms with Crippen LogP contribution in [0.15, 0.2) is 40.9 Å². The molecule has 0 heterocycles. The molecule has 2 aromatic rings. The van der Waals surface area contributed by atoms with Gasteiger partial charge < -0.3 is 5.73 Å². The van der Waals surface area contributed by atoms with Crippen LogP contribution in [0.5, 0.6) is 0 Å². The number of nitrogens with one attached hydrogen (secondary N) is 1. The molecule has 1 saturated carbocycles. The number of amides is 1. The molecule has 1 fully saturated rings. The van der Waals surface area contributed by atoms with Gasteiger partial charge >= 0.3 is 0 Å². The van der Waals surface area contributed by atoms with E-state index in [4.69, 9.17) is 5.73 Å². The van der Waals surface area contributed by atoms with Crippen LogP contribution in [-0.4, -0.2) is 5.91 Å². The summed E-state index contributed by atoms with van der Waals surface area (Å²) in [5.41, 5.74) is 7.16. The van der Waals surface area contributed by atoms with E-state index in [1.54, 1.807) is 31.2 Å². The van der Waals surface area contributed by atoms with Crippen molar-refractivity contribution in [2.24, 2.45) is 11.7 Å². The number of hydrogen-bond donors (Lipinski definition) is 2. The van der Waals surface area contributed by atoms with E-state index in [1.807, 2.05) is 0 Å². The molecule has 132 valence electrons. The highest BCUT2D eigenvalue weighted by Crippen LogP contribution is 2.42. The highest BCUT2D eigenvalue weighted by atomic mass is 79.9. The van der Waals surface area contributed by atoms with Crippen LogP contribution in [0.25, 0.3) is 0 Å². The zero-order chi connectivity index (χ0) is 18.1. The number of rotatable bonds is 6. The van der Waals surface area contributed by atoms with Gasteiger partial charge in [0.05, 0.1) is 0 Å². The van der Waals surface area contributed by atoms with Crippen molar-refractivity contribution >= 4 is 21.8 Å². The fraction of sp³-hybridized carbons (Fsp3) is 0.316. The highest BCUT2D eigenvalue weighted by molar-refractivity contribution is 9.10. The number of primary amides is 1. The van der Waals surface area contributed by atoms with Gasteiger partial charge in [0.1, 0.15) is 17.7 Å². The van der Waals surface area contributed by atoms with Crippen LogP contribution >= 0.6 is 15.9 Å². The zero-order valence-corrected chi connectivity index (χ0v) is 15.3. The molecule has 25 heavy (non-hydrogen) atoms. The minimum Gasteiger partial charge on any atom is -0.368 e. The molecule has 0 bridgehead atoms. The van der Waals surface area contributed by atoms with E-state index in [-0.39, 0.29) is 17.4 Å². The summed E-state index contributed by atoms with van der Waals surface area (Å²) in [5.74, 6) is -1.10. The number of nitrogens with two attached hydrogens (primary N) is 1. The number of carbonyl (C=O) groups excluding carboxylic acids is 1. The first kappa shape index (κ1) is 18.0. The summed E-state index contributed by atoms with van der Waals surface area (Å²) in [6.45, 7) is 1.70. The molecule has 3 rings (SSSR count). The Morgan fingerprint density at radius 2 is 1.92 bits per heavy atom. The Morgan fingerprint density at radius 1 is 1.20 bits per heavy atom. The highest BCUT2D eigenvalue weighted by Gasteiger charge is 2.36. The van der Waals surface area contributed by atoms with Gasteiger partial charge in [-0.15, -0.1) is 0 Å². The van der Waals surface area contributed by atoms with Gasteiger partial charge in [0, 0.05) is 16.1 Å². The lowest BCUT2D eigenvalue weighted by atomic mass is 9.97. The minimum atomic E-state index is -0.955. The Morgan fingerprint density at radius 3 is 2.48 bits per heavy atom. The van der Waals surface area contributed by atoms with Gasteiger partial charge in [-0.1, -0.05) is 34.1 Å². The van der Waals surface area contributed by atoms with Gasteiger partial charge in [-0.2, -0.15) is 0 Å². The molecule has 1 aliphatic carbocycles. The average Bonchev–Trinajstić information content (AvgIpc) is 3.37. The number of aryl methyl sites for hydroxylation is 1. The lowest BCUT2D eigenvalue weighted by Crippen LogP contribution is -2.37. The molecule has 3 nitrogen and oxygen atoms in total. The number of benzene rings is 2. The van der Waals surface area contributed by atoms with Gasteiger partial charge in [-0.05, 0) is 55.0 Å². The van der Waals surface area contributed by atoms with Crippen molar-refractivity contribution in [1.29, 1.82) is 0 Å². The summed E-state index contributed by atoms with van der Waals surface area (Å²) in [6.07, 6.45) is 2.00. The maximum absolute atomic E-state index is 14.3. The normalized spacial score (nSPS) is 16.5. The van der Waals surface area contributed by atoms with Gasteiger partial charge in [0.2, 0.25) is 5.91 Å². The first-order valence-electron chi connectivity index (χ1n) is 8.13. The van der Waals surface area contributed by atoms with E-state index in [1.165, 1.54) is 12.1 Å². The quantitative estimate of drug-likeness (QED) is 0.748. The number of halogens is 3. The first-order chi connectivity index (χ1) is 11.9. The predicted octanol–water partition coefficient (Wildman–Crippen LogP) is 4.30. The van der Waals surface area contributed by atoms with E-state index in [0.717, 1.165) is 18.4 Å². The minimum absolute atomic E-state index is 0.181. The van der Waals surface area contributed by atoms with Crippen LogP contribution < -0.4 is 11.1 Å². The Bertz CT molecular complexity index is 808. The summed E-state index contributed by atoms with van der Waals surface area (Å²) in [5, 5.41) is 3.20. The van der Waals surface area contributed by atoms with Crippen LogP contribution in [0.4, 0.5) is 8.78 Å². The molecule has 0 saturated heterocycles. The molecule has 0 spiro atoms. The lowest BCUT2D eigenvalue weighted by molar-refractivity contribution is -0.120. The Kier molecular flexibility index (Phi) is 5.20. The molecule has 2 atom stereocenters. The first-order valence-corrected chi connectivity index (χ1v) is 8.92. The maximum Gasteiger partial charge on any atom is 0.239 e. The maximum atomic E-state index is 14.3. The third kappa shape index (κ3) is 4.07. The van der Waals surface area contributed by atoms with Gasteiger partial charge in [-0.3, -0.25) is 10.1 Å². The second-order valence-corrected chi connectivity index (χ2v) is 7.41. The van der Waals surface area contributed by atoms with E-state index >= 15 is 0 Å². The van der Waals surface area contributed by atoms with Crippen molar-refractivity contribution in [2.45, 2.75) is 31.8 Å². The fourth-order valence-electron chi connectivity index (χ4n) is 3.04. The molecule has 2 unspecified atom stereocenters. The standard InChI is InChI=1S/C19H19BrF2N2O/c1-10-8-12(4-7-15(10)21)17(11-2-3-11)24-18(19(23)25)14-6-5-13(20)9-16(14)22/h4-9,11,17-18,24H,2-3H2,1H3,(H2,23,25). The molecule has 0 aromatic heterocycles. The molecule has 0 aliphatic heterocycles. The second-order valence-electron chi connectivity index (χ2n) is 6.49. The Balaban J connectivity index is 1.93. The van der Waals surface area contributed by atoms with Crippen molar-refractivity contribution in [3.8, 4) is 0 Å². The number of carbonyl (C=O) groups is 1. The smallest absolute Gasteiger partial charge is 0.239 e. The van der Waals surface area contributed by atoms with Crippen LogP contribution in [0, 0.1) is 24.5 Å². The molecule has 0 radical (unpaired) electrons. The van der Waals surface area contributed by atoms with E-state index in [2.05, 4.69) is 21.2 Å². The van der Waals surface area contributed by atoms with E-state index in [9.17, 15) is 13.6 Å². The topological polar surface area (TPSA) is 55.1 Å². The fourth-order valence-corrected chi connectivity index (χ4v) is 3.37. The zero-order valence-electron chi connectivity index (χ0n) is 13.7. The molecule has 1 aliphatic rings. The lowest BCUT2D eigenvalue weighted by Gasteiger charge is -2.25. The van der Waals surface area contributed by atoms with Crippen LogP contribution in [-0.2, 0) is 4.79 Å². The van der Waals surface area contributed by atoms with Gasteiger partial charge in [-0.25, -0.2) is 8.78 Å². The Hall–Kier alpha value is -1.79. The molecule has 1 amide bonds. The van der Waals surface area contributed by atoms with Crippen molar-refractivity contribution in [2.75, 3.05) is 0 Å². The predicted molar refractivity (Wildman–Crippen MR) is 95.8 cm³/mol. The SMILES string of the molecule is Cc1cc(C(NC(C(N)=O)c2ccc(Br)cc2F)C2CC2)ccc1F. The number of hydrogen-bond acceptors (Lipinski definition) is 2. The summed E-state index contributed by atoms with van der Waals surface area (Å²) >= 11 is 3.21. The van der Waals surface area contributed by atoms with Crippen LogP contribution in [0.1, 0.15) is 41.6 Å². The summed E-state index contributed by atoms with van der Waals surface area (Å²) in [4.78, 5) is 12.0. The van der Waals surface area contributed by atoms with Crippen molar-refractivity contribution in [3.63, 3.8) is 0 Å². The largest absolute Gasteiger partial charge is 0.368 e. The van der Waals surface area contributed by atoms with Crippen molar-refractivity contribution in [3.05, 3.63) is 69.2 Å². The van der Waals surface area contributed by atoms with Crippen LogP contribution in [0.3, 0.4) is 0 Å². The summed E-state index contributed by atoms with van der Waals surface area (Å²) < 4.78 is 28.5. The summed E-state index contributed by atoms with van der Waals surface area (Å²) in [6, 6.07) is 8.27. The van der Waals surface area contributed by atoms with E-state index in [0.29, 0.717) is 16.0 Å². The molecule has 2 aromatic carbocycles. The van der Waals surface area contributed by atoms with E-state index < -0.39 is 17.8 Å². The van der Waals surface area contributed by atoms with Crippen molar-refractivity contribution < 1.29 is 13.6 Å². The Labute approximate surface area is 153 Å². The molecular weight excluding hydrogens is 390 g/mol. The van der Waals surface area contributed by atoms with Crippen LogP contribution in [0.2, 0.25) is 0 Å². The second kappa shape index (κ2) is 7.22. The van der Waals surface area contributed by atoms with Crippen molar-refractivity contribution in [1.82, 2.24) is 5.32 Å². The molecule has 3 N–H and O–H groups in total. The monoisotopic (exact) mass is 408 g/mol. The third-order valence-electron chi connectivity index (χ3n) is 4.54. The third-order valence-corrected chi connectivity index (χ3v) is 5.03. The summed E-state index contributed by atoms with van der Waals surface area (Å²) in [7, 11) is 0.